The second-order valence-electron chi connectivity index (χ2n) is 5.30. The largest absolute Gasteiger partial charge is 0.382 e. The van der Waals surface area contributed by atoms with Gasteiger partial charge in [-0.3, -0.25) is 9.48 Å². The number of nitrogens with two attached hydrogens (primary N) is 1. The minimum Gasteiger partial charge on any atom is -0.382 e. The lowest BCUT2D eigenvalue weighted by atomic mass is 10.0. The number of nitrogens with zero attached hydrogens (tertiary/aromatic N) is 3. The lowest BCUT2D eigenvalue weighted by Crippen LogP contribution is -2.22. The highest BCUT2D eigenvalue weighted by molar-refractivity contribution is 5.88. The maximum absolute atomic E-state index is 11.9. The van der Waals surface area contributed by atoms with Gasteiger partial charge in [0.15, 0.2) is 5.82 Å². The van der Waals surface area contributed by atoms with Gasteiger partial charge in [-0.1, -0.05) is 12.8 Å². The molecule has 0 amide bonds. The van der Waals surface area contributed by atoms with Gasteiger partial charge in [-0.05, 0) is 18.9 Å². The normalized spacial score (nSPS) is 23.4. The molecular weight excluding hydrogens is 254 g/mol. The molecule has 0 spiro atoms. The first-order chi connectivity index (χ1) is 9.72. The maximum atomic E-state index is 11.9. The third kappa shape index (κ3) is 1.95. The fraction of sp³-hybridized carbons (Fsp3) is 0.500. The first kappa shape index (κ1) is 12.7. The average Bonchev–Trinajstić information content (AvgIpc) is 2.64. The van der Waals surface area contributed by atoms with Crippen molar-refractivity contribution in [1.82, 2.24) is 14.8 Å². The zero-order valence-electron chi connectivity index (χ0n) is 11.2. The summed E-state index contributed by atoms with van der Waals surface area (Å²) >= 11 is 0. The van der Waals surface area contributed by atoms with Gasteiger partial charge < -0.3 is 15.6 Å². The highest BCUT2D eigenvalue weighted by atomic mass is 16.1. The topological polar surface area (TPSA) is 81.1 Å². The van der Waals surface area contributed by atoms with Crippen molar-refractivity contribution in [2.75, 3.05) is 5.73 Å². The van der Waals surface area contributed by atoms with E-state index in [1.807, 2.05) is 6.07 Å². The Kier molecular flexibility index (Phi) is 3.18. The van der Waals surface area contributed by atoms with E-state index in [9.17, 15) is 4.79 Å². The molecule has 2 heterocycles. The number of nitrogens with one attached hydrogen (secondary N) is 1. The summed E-state index contributed by atoms with van der Waals surface area (Å²) in [6.45, 7) is 7.42. The van der Waals surface area contributed by atoms with Crippen LogP contribution in [0.15, 0.2) is 17.1 Å². The molecule has 104 valence electrons. The van der Waals surface area contributed by atoms with Crippen LogP contribution in [0.25, 0.3) is 15.7 Å². The zero-order valence-corrected chi connectivity index (χ0v) is 11.2. The summed E-state index contributed by atoms with van der Waals surface area (Å²) in [5.74, 6) is 0.245. The molecule has 0 saturated heterocycles. The van der Waals surface area contributed by atoms with Crippen LogP contribution in [-0.4, -0.2) is 20.8 Å². The SMILES string of the molecule is [C-]#[N+][C@@H]1CCCCC[C@@H]1n1nc(N)c2c(=O)[nH]ccc21. The van der Waals surface area contributed by atoms with Crippen molar-refractivity contribution in [3.63, 3.8) is 0 Å². The Balaban J connectivity index is 2.16. The fourth-order valence-electron chi connectivity index (χ4n) is 3.08. The summed E-state index contributed by atoms with van der Waals surface area (Å²) in [6, 6.07) is 1.74. The van der Waals surface area contributed by atoms with Gasteiger partial charge in [0, 0.05) is 12.6 Å². The van der Waals surface area contributed by atoms with E-state index in [-0.39, 0.29) is 23.5 Å². The van der Waals surface area contributed by atoms with Crippen molar-refractivity contribution in [3.05, 3.63) is 34.0 Å². The number of aromatic amines is 1. The van der Waals surface area contributed by atoms with Crippen LogP contribution in [0.5, 0.6) is 0 Å². The number of hydrogen-bond donors (Lipinski definition) is 2. The van der Waals surface area contributed by atoms with Crippen LogP contribution in [0, 0.1) is 6.57 Å². The Morgan fingerprint density at radius 1 is 1.40 bits per heavy atom. The number of hydrogen-bond acceptors (Lipinski definition) is 3. The number of H-pyrrole nitrogens is 1. The molecule has 0 aliphatic heterocycles. The van der Waals surface area contributed by atoms with E-state index in [1.54, 1.807) is 10.9 Å². The average molecular weight is 271 g/mol. The minimum absolute atomic E-state index is 0.0107. The van der Waals surface area contributed by atoms with Crippen LogP contribution in [0.2, 0.25) is 0 Å². The zero-order chi connectivity index (χ0) is 14.1. The van der Waals surface area contributed by atoms with E-state index in [1.165, 1.54) is 0 Å². The van der Waals surface area contributed by atoms with Gasteiger partial charge in [0.2, 0.25) is 6.04 Å². The number of fused-ring (bicyclic) bond motifs is 1. The standard InChI is InChI=1S/C14H17N5O/c1-16-9-5-3-2-4-6-10(9)19-11-7-8-17-14(20)12(11)13(15)18-19/h7-10H,2-6H2,(H2,15,18)(H,17,20)/t9-,10+/m1/s1. The maximum Gasteiger partial charge on any atom is 0.261 e. The minimum atomic E-state index is -0.223. The molecule has 1 aliphatic rings. The molecule has 3 rings (SSSR count). The Labute approximate surface area is 116 Å². The van der Waals surface area contributed by atoms with Crippen LogP contribution in [-0.2, 0) is 0 Å². The predicted molar refractivity (Wildman–Crippen MR) is 77.3 cm³/mol. The first-order valence-corrected chi connectivity index (χ1v) is 6.94. The van der Waals surface area contributed by atoms with Gasteiger partial charge in [-0.15, -0.1) is 0 Å². The van der Waals surface area contributed by atoms with Crippen LogP contribution >= 0.6 is 0 Å². The lowest BCUT2D eigenvalue weighted by molar-refractivity contribution is 0.400. The van der Waals surface area contributed by atoms with E-state index in [0.717, 1.165) is 37.6 Å². The molecule has 6 heteroatoms. The van der Waals surface area contributed by atoms with Gasteiger partial charge in [-0.2, -0.15) is 5.10 Å². The van der Waals surface area contributed by atoms with Gasteiger partial charge in [-0.25, -0.2) is 6.57 Å². The van der Waals surface area contributed by atoms with E-state index >= 15 is 0 Å². The molecule has 20 heavy (non-hydrogen) atoms. The molecule has 0 aromatic carbocycles. The van der Waals surface area contributed by atoms with Gasteiger partial charge in [0.25, 0.3) is 5.56 Å². The third-order valence-electron chi connectivity index (χ3n) is 4.08. The summed E-state index contributed by atoms with van der Waals surface area (Å²) < 4.78 is 1.80. The number of anilines is 1. The number of aromatic nitrogens is 3. The van der Waals surface area contributed by atoms with Crippen LogP contribution in [0.4, 0.5) is 5.82 Å². The van der Waals surface area contributed by atoms with Gasteiger partial charge in [0.05, 0.1) is 5.52 Å². The summed E-state index contributed by atoms with van der Waals surface area (Å²) in [7, 11) is 0. The molecule has 1 fully saturated rings. The Morgan fingerprint density at radius 2 is 2.20 bits per heavy atom. The van der Waals surface area contributed by atoms with Crippen LogP contribution in [0.3, 0.4) is 0 Å². The van der Waals surface area contributed by atoms with Crippen molar-refractivity contribution < 1.29 is 0 Å². The lowest BCUT2D eigenvalue weighted by Gasteiger charge is -2.17. The molecule has 0 unspecified atom stereocenters. The monoisotopic (exact) mass is 271 g/mol. The van der Waals surface area contributed by atoms with E-state index in [2.05, 4.69) is 14.9 Å². The number of rotatable bonds is 1. The van der Waals surface area contributed by atoms with E-state index in [0.29, 0.717) is 5.39 Å². The van der Waals surface area contributed by atoms with Gasteiger partial charge in [0.1, 0.15) is 11.4 Å². The molecule has 3 N–H and O–H groups in total. The fourth-order valence-corrected chi connectivity index (χ4v) is 3.08. The summed E-state index contributed by atoms with van der Waals surface area (Å²) in [4.78, 5) is 18.3. The highest BCUT2D eigenvalue weighted by Gasteiger charge is 2.32. The van der Waals surface area contributed by atoms with Crippen LogP contribution < -0.4 is 11.3 Å². The van der Waals surface area contributed by atoms with Crippen LogP contribution in [0.1, 0.15) is 38.1 Å². The first-order valence-electron chi connectivity index (χ1n) is 6.94. The summed E-state index contributed by atoms with van der Waals surface area (Å²) in [5.41, 5.74) is 6.39. The smallest absolute Gasteiger partial charge is 0.261 e. The second kappa shape index (κ2) is 5.00. The second-order valence-corrected chi connectivity index (χ2v) is 5.30. The molecular formula is C14H17N5O. The number of pyridine rings is 1. The molecule has 2 aromatic heterocycles. The van der Waals surface area contributed by atoms with Crippen molar-refractivity contribution in [1.29, 1.82) is 0 Å². The number of nitrogen functional groups attached to an aromatic ring is 1. The quantitative estimate of drug-likeness (QED) is 0.615. The van der Waals surface area contributed by atoms with Crippen molar-refractivity contribution in [2.45, 2.75) is 44.2 Å². The van der Waals surface area contributed by atoms with E-state index < -0.39 is 0 Å². The summed E-state index contributed by atoms with van der Waals surface area (Å²) in [6.07, 6.45) is 6.72. The molecule has 0 radical (unpaired) electrons. The van der Waals surface area contributed by atoms with Crippen molar-refractivity contribution in [2.24, 2.45) is 0 Å². The Bertz CT molecular complexity index is 723. The molecule has 1 saturated carbocycles. The highest BCUT2D eigenvalue weighted by Crippen LogP contribution is 2.32. The Morgan fingerprint density at radius 3 is 3.00 bits per heavy atom. The van der Waals surface area contributed by atoms with Gasteiger partial charge >= 0.3 is 0 Å². The third-order valence-corrected chi connectivity index (χ3v) is 4.08. The molecule has 0 bridgehead atoms. The Hall–Kier alpha value is -2.29. The molecule has 2 aromatic rings. The molecule has 2 atom stereocenters. The molecule has 1 aliphatic carbocycles. The van der Waals surface area contributed by atoms with Crippen molar-refractivity contribution >= 4 is 16.7 Å². The van der Waals surface area contributed by atoms with Crippen molar-refractivity contribution in [3.8, 4) is 0 Å². The molecule has 6 nitrogen and oxygen atoms in total. The van der Waals surface area contributed by atoms with E-state index in [4.69, 9.17) is 12.3 Å². The summed E-state index contributed by atoms with van der Waals surface area (Å²) in [5, 5.41) is 4.78. The predicted octanol–water partition coefficient (Wildman–Crippen LogP) is 2.10.